The standard InChI is InChI=1S/C19H14ClN3S2/c20-16-7-2-1-5-14(16)12-23-17(18-8-4-10-24-18)13-25-19(23)22-15-6-3-9-21-11-15/h1-11,13H,12H2. The molecular weight excluding hydrogens is 370 g/mol. The molecule has 0 aliphatic rings. The van der Waals surface area contributed by atoms with E-state index in [0.717, 1.165) is 26.8 Å². The van der Waals surface area contributed by atoms with E-state index in [9.17, 15) is 0 Å². The number of nitrogens with zero attached hydrogens (tertiary/aromatic N) is 3. The minimum absolute atomic E-state index is 0.676. The molecule has 6 heteroatoms. The molecular formula is C19H14ClN3S2. The zero-order chi connectivity index (χ0) is 17.1. The van der Waals surface area contributed by atoms with Gasteiger partial charge in [0.25, 0.3) is 0 Å². The number of thiophene rings is 1. The molecule has 0 unspecified atom stereocenters. The van der Waals surface area contributed by atoms with Crippen molar-refractivity contribution in [1.82, 2.24) is 9.55 Å². The lowest BCUT2D eigenvalue weighted by Gasteiger charge is -2.09. The van der Waals surface area contributed by atoms with Crippen LogP contribution in [-0.2, 0) is 6.54 Å². The topological polar surface area (TPSA) is 30.2 Å². The summed E-state index contributed by atoms with van der Waals surface area (Å²) in [6.45, 7) is 0.676. The molecule has 0 radical (unpaired) electrons. The number of rotatable bonds is 4. The molecule has 25 heavy (non-hydrogen) atoms. The third-order valence-electron chi connectivity index (χ3n) is 3.73. The zero-order valence-electron chi connectivity index (χ0n) is 13.2. The van der Waals surface area contributed by atoms with Crippen LogP contribution in [0.15, 0.2) is 76.7 Å². The van der Waals surface area contributed by atoms with E-state index in [4.69, 9.17) is 16.6 Å². The first kappa shape index (κ1) is 16.3. The van der Waals surface area contributed by atoms with E-state index in [1.54, 1.807) is 35.1 Å². The maximum Gasteiger partial charge on any atom is 0.190 e. The SMILES string of the molecule is Clc1ccccc1Cn1c(-c2cccs2)csc1=Nc1cccnc1. The summed E-state index contributed by atoms with van der Waals surface area (Å²) in [5.74, 6) is 0. The van der Waals surface area contributed by atoms with E-state index in [0.29, 0.717) is 6.54 Å². The highest BCUT2D eigenvalue weighted by Crippen LogP contribution is 2.27. The first-order valence-electron chi connectivity index (χ1n) is 7.71. The molecule has 124 valence electrons. The molecule has 0 saturated carbocycles. The summed E-state index contributed by atoms with van der Waals surface area (Å²) in [6.07, 6.45) is 3.52. The Morgan fingerprint density at radius 2 is 1.96 bits per heavy atom. The molecule has 0 N–H and O–H groups in total. The van der Waals surface area contributed by atoms with E-state index in [-0.39, 0.29) is 0 Å². The van der Waals surface area contributed by atoms with E-state index >= 15 is 0 Å². The summed E-state index contributed by atoms with van der Waals surface area (Å²) < 4.78 is 2.21. The number of thiazole rings is 1. The predicted molar refractivity (Wildman–Crippen MR) is 106 cm³/mol. The Bertz CT molecular complexity index is 1030. The Balaban J connectivity index is 1.85. The van der Waals surface area contributed by atoms with E-state index < -0.39 is 0 Å². The van der Waals surface area contributed by atoms with Crippen LogP contribution in [0.4, 0.5) is 5.69 Å². The van der Waals surface area contributed by atoms with Gasteiger partial charge in [0, 0.05) is 16.6 Å². The van der Waals surface area contributed by atoms with Gasteiger partial charge in [0.1, 0.15) is 0 Å². The van der Waals surface area contributed by atoms with Crippen molar-refractivity contribution in [1.29, 1.82) is 0 Å². The Hall–Kier alpha value is -2.21. The number of halogens is 1. The average molecular weight is 384 g/mol. The van der Waals surface area contributed by atoms with Gasteiger partial charge in [0.15, 0.2) is 4.80 Å². The van der Waals surface area contributed by atoms with E-state index in [2.05, 4.69) is 38.5 Å². The van der Waals surface area contributed by atoms with Crippen molar-refractivity contribution in [2.24, 2.45) is 4.99 Å². The lowest BCUT2D eigenvalue weighted by Crippen LogP contribution is -2.16. The fourth-order valence-electron chi connectivity index (χ4n) is 2.52. The van der Waals surface area contributed by atoms with Crippen LogP contribution in [0, 0.1) is 0 Å². The molecule has 3 nitrogen and oxygen atoms in total. The van der Waals surface area contributed by atoms with Crippen LogP contribution < -0.4 is 4.80 Å². The molecule has 0 atom stereocenters. The van der Waals surface area contributed by atoms with Crippen LogP contribution in [0.3, 0.4) is 0 Å². The summed E-state index contributed by atoms with van der Waals surface area (Å²) in [5, 5.41) is 5.01. The normalized spacial score (nSPS) is 11.8. The van der Waals surface area contributed by atoms with Crippen molar-refractivity contribution in [2.75, 3.05) is 0 Å². The van der Waals surface area contributed by atoms with Crippen molar-refractivity contribution in [3.63, 3.8) is 0 Å². The van der Waals surface area contributed by atoms with E-state index in [1.165, 1.54) is 4.88 Å². The molecule has 4 rings (SSSR count). The van der Waals surface area contributed by atoms with Crippen molar-refractivity contribution in [3.8, 4) is 10.6 Å². The van der Waals surface area contributed by atoms with Crippen LogP contribution in [0.5, 0.6) is 0 Å². The number of pyridine rings is 1. The summed E-state index contributed by atoms with van der Waals surface area (Å²) >= 11 is 9.73. The van der Waals surface area contributed by atoms with Crippen LogP contribution in [0.1, 0.15) is 5.56 Å². The van der Waals surface area contributed by atoms with Gasteiger partial charge in [-0.25, -0.2) is 4.99 Å². The number of benzene rings is 1. The van der Waals surface area contributed by atoms with Crippen molar-refractivity contribution in [2.45, 2.75) is 6.54 Å². The second kappa shape index (κ2) is 7.35. The van der Waals surface area contributed by atoms with Gasteiger partial charge in [0.2, 0.25) is 0 Å². The smallest absolute Gasteiger partial charge is 0.190 e. The largest absolute Gasteiger partial charge is 0.311 e. The van der Waals surface area contributed by atoms with Crippen molar-refractivity contribution < 1.29 is 0 Å². The Morgan fingerprint density at radius 1 is 1.04 bits per heavy atom. The maximum atomic E-state index is 6.38. The highest BCUT2D eigenvalue weighted by Gasteiger charge is 2.11. The molecule has 0 aliphatic carbocycles. The highest BCUT2D eigenvalue weighted by atomic mass is 35.5. The fourth-order valence-corrected chi connectivity index (χ4v) is 4.46. The van der Waals surface area contributed by atoms with Gasteiger partial charge < -0.3 is 4.57 Å². The summed E-state index contributed by atoms with van der Waals surface area (Å²) in [5.41, 5.74) is 3.07. The second-order valence-electron chi connectivity index (χ2n) is 5.38. The molecule has 4 aromatic rings. The lowest BCUT2D eigenvalue weighted by atomic mass is 10.2. The summed E-state index contributed by atoms with van der Waals surface area (Å²) in [4.78, 5) is 11.1. The van der Waals surface area contributed by atoms with Crippen molar-refractivity contribution >= 4 is 40.0 Å². The number of hydrogen-bond acceptors (Lipinski definition) is 4. The van der Waals surface area contributed by atoms with Crippen molar-refractivity contribution in [3.05, 3.63) is 87.1 Å². The lowest BCUT2D eigenvalue weighted by molar-refractivity contribution is 0.779. The molecule has 0 saturated heterocycles. The van der Waals surface area contributed by atoms with Crippen LogP contribution in [0.2, 0.25) is 5.02 Å². The van der Waals surface area contributed by atoms with Gasteiger partial charge >= 0.3 is 0 Å². The van der Waals surface area contributed by atoms with Gasteiger partial charge in [-0.3, -0.25) is 4.98 Å². The zero-order valence-corrected chi connectivity index (χ0v) is 15.6. The summed E-state index contributed by atoms with van der Waals surface area (Å²) in [7, 11) is 0. The Kier molecular flexibility index (Phi) is 4.78. The van der Waals surface area contributed by atoms with Gasteiger partial charge in [-0.05, 0) is 35.2 Å². The van der Waals surface area contributed by atoms with Gasteiger partial charge in [-0.2, -0.15) is 0 Å². The van der Waals surface area contributed by atoms with E-state index in [1.807, 2.05) is 30.3 Å². The average Bonchev–Trinajstić information content (AvgIpc) is 3.28. The quantitative estimate of drug-likeness (QED) is 0.450. The first-order chi connectivity index (χ1) is 12.3. The van der Waals surface area contributed by atoms with Gasteiger partial charge in [-0.1, -0.05) is 35.9 Å². The molecule has 1 aromatic carbocycles. The minimum atomic E-state index is 0.676. The first-order valence-corrected chi connectivity index (χ1v) is 9.85. The minimum Gasteiger partial charge on any atom is -0.311 e. The number of hydrogen-bond donors (Lipinski definition) is 0. The third-order valence-corrected chi connectivity index (χ3v) is 5.85. The van der Waals surface area contributed by atoms with Gasteiger partial charge in [0.05, 0.1) is 29.0 Å². The summed E-state index contributed by atoms with van der Waals surface area (Å²) in [6, 6.07) is 16.0. The fraction of sp³-hybridized carbons (Fsp3) is 0.0526. The predicted octanol–water partition coefficient (Wildman–Crippen LogP) is 5.61. The Labute approximate surface area is 158 Å². The number of aromatic nitrogens is 2. The molecule has 0 bridgehead atoms. The van der Waals surface area contributed by atoms with Crippen LogP contribution >= 0.6 is 34.3 Å². The van der Waals surface area contributed by atoms with Gasteiger partial charge in [-0.15, -0.1) is 22.7 Å². The Morgan fingerprint density at radius 3 is 2.72 bits per heavy atom. The third kappa shape index (κ3) is 3.58. The molecule has 0 fully saturated rings. The molecule has 3 aromatic heterocycles. The molecule has 0 spiro atoms. The van der Waals surface area contributed by atoms with Crippen LogP contribution in [0.25, 0.3) is 10.6 Å². The molecule has 0 amide bonds. The highest BCUT2D eigenvalue weighted by molar-refractivity contribution is 7.14. The monoisotopic (exact) mass is 383 g/mol. The molecule has 3 heterocycles. The van der Waals surface area contributed by atoms with Crippen LogP contribution in [-0.4, -0.2) is 9.55 Å². The second-order valence-corrected chi connectivity index (χ2v) is 7.57. The molecule has 0 aliphatic heterocycles. The maximum absolute atomic E-state index is 6.38.